The lowest BCUT2D eigenvalue weighted by atomic mass is 10.2. The second kappa shape index (κ2) is 9.16. The van der Waals surface area contributed by atoms with Crippen LogP contribution in [0.2, 0.25) is 0 Å². The predicted molar refractivity (Wildman–Crippen MR) is 126 cm³/mol. The van der Waals surface area contributed by atoms with Gasteiger partial charge in [0.05, 0.1) is 29.6 Å². The first-order valence-electron chi connectivity index (χ1n) is 9.84. The second-order valence-electron chi connectivity index (χ2n) is 7.19. The van der Waals surface area contributed by atoms with Crippen molar-refractivity contribution in [3.63, 3.8) is 0 Å². The lowest BCUT2D eigenvalue weighted by Gasteiger charge is -2.17. The van der Waals surface area contributed by atoms with Crippen molar-refractivity contribution in [2.75, 3.05) is 18.9 Å². The Morgan fingerprint density at radius 3 is 2.61 bits per heavy atom. The number of benzene rings is 3. The van der Waals surface area contributed by atoms with Crippen LogP contribution in [0.15, 0.2) is 71.6 Å². The molecule has 10 heteroatoms. The summed E-state index contributed by atoms with van der Waals surface area (Å²) < 4.78 is 48.7. The van der Waals surface area contributed by atoms with Crippen LogP contribution < -0.4 is 9.46 Å². The Balaban J connectivity index is 1.58. The van der Waals surface area contributed by atoms with E-state index in [1.807, 2.05) is 24.3 Å². The molecule has 1 amide bonds. The molecule has 1 aromatic heterocycles. The van der Waals surface area contributed by atoms with E-state index in [0.29, 0.717) is 0 Å². The van der Waals surface area contributed by atoms with Crippen molar-refractivity contribution < 1.29 is 22.3 Å². The Bertz CT molecular complexity index is 1400. The van der Waals surface area contributed by atoms with Crippen molar-refractivity contribution in [1.82, 2.24) is 9.88 Å². The van der Waals surface area contributed by atoms with Crippen molar-refractivity contribution >= 4 is 43.2 Å². The Morgan fingerprint density at radius 1 is 1.12 bits per heavy atom. The summed E-state index contributed by atoms with van der Waals surface area (Å²) in [6.07, 6.45) is 0. The van der Waals surface area contributed by atoms with Crippen LogP contribution in [0.1, 0.15) is 15.4 Å². The molecule has 0 radical (unpaired) electrons. The maximum Gasteiger partial charge on any atom is 0.264 e. The number of anilines is 1. The van der Waals surface area contributed by atoms with E-state index in [2.05, 4.69) is 9.71 Å². The van der Waals surface area contributed by atoms with Crippen LogP contribution in [-0.4, -0.2) is 38.4 Å². The molecular formula is C23H20FN3O4S2. The topological polar surface area (TPSA) is 88.6 Å². The van der Waals surface area contributed by atoms with E-state index in [1.165, 1.54) is 35.5 Å². The van der Waals surface area contributed by atoms with Crippen LogP contribution in [0.25, 0.3) is 10.2 Å². The van der Waals surface area contributed by atoms with Gasteiger partial charge in [-0.3, -0.25) is 9.52 Å². The van der Waals surface area contributed by atoms with E-state index in [0.717, 1.165) is 27.4 Å². The first-order valence-corrected chi connectivity index (χ1v) is 12.1. The fourth-order valence-electron chi connectivity index (χ4n) is 3.25. The third kappa shape index (κ3) is 4.81. The highest BCUT2D eigenvalue weighted by Gasteiger charge is 2.24. The minimum Gasteiger partial charge on any atom is -0.495 e. The third-order valence-corrected chi connectivity index (χ3v) is 7.28. The Labute approximate surface area is 194 Å². The van der Waals surface area contributed by atoms with Gasteiger partial charge in [-0.25, -0.2) is 17.8 Å². The number of thiazole rings is 1. The minimum absolute atomic E-state index is 0.0420. The lowest BCUT2D eigenvalue weighted by molar-refractivity contribution is 0.0784. The average molecular weight is 486 g/mol. The number of rotatable bonds is 7. The highest BCUT2D eigenvalue weighted by Crippen LogP contribution is 2.28. The molecule has 0 aliphatic rings. The smallest absolute Gasteiger partial charge is 0.264 e. The highest BCUT2D eigenvalue weighted by molar-refractivity contribution is 7.92. The van der Waals surface area contributed by atoms with E-state index < -0.39 is 26.6 Å². The van der Waals surface area contributed by atoms with Gasteiger partial charge in [0.15, 0.2) is 0 Å². The Kier molecular flexibility index (Phi) is 6.30. The lowest BCUT2D eigenvalue weighted by Crippen LogP contribution is -2.26. The number of methoxy groups -OCH3 is 1. The molecule has 0 unspecified atom stereocenters. The van der Waals surface area contributed by atoms with E-state index in [-0.39, 0.29) is 23.5 Å². The number of aromatic nitrogens is 1. The van der Waals surface area contributed by atoms with Crippen molar-refractivity contribution in [3.05, 3.63) is 83.1 Å². The molecule has 33 heavy (non-hydrogen) atoms. The molecule has 0 aliphatic carbocycles. The van der Waals surface area contributed by atoms with Crippen LogP contribution >= 0.6 is 11.3 Å². The number of sulfonamides is 1. The number of amides is 1. The second-order valence-corrected chi connectivity index (χ2v) is 9.95. The fraction of sp³-hybridized carbons (Fsp3) is 0.130. The Hall–Kier alpha value is -3.50. The number of carbonyl (C=O) groups is 1. The Morgan fingerprint density at radius 2 is 1.85 bits per heavy atom. The van der Waals surface area contributed by atoms with Crippen molar-refractivity contribution in [3.8, 4) is 5.75 Å². The average Bonchev–Trinajstić information content (AvgIpc) is 3.21. The molecule has 0 fully saturated rings. The summed E-state index contributed by atoms with van der Waals surface area (Å²) in [5, 5.41) is 0.736. The molecule has 0 spiro atoms. The molecule has 0 saturated heterocycles. The number of hydrogen-bond acceptors (Lipinski definition) is 6. The molecule has 0 saturated carbocycles. The predicted octanol–water partition coefficient (Wildman–Crippen LogP) is 4.52. The highest BCUT2D eigenvalue weighted by atomic mass is 32.2. The van der Waals surface area contributed by atoms with Gasteiger partial charge in [0.25, 0.3) is 15.9 Å². The third-order valence-electron chi connectivity index (χ3n) is 4.88. The van der Waals surface area contributed by atoms with Crippen LogP contribution in [0.5, 0.6) is 5.75 Å². The van der Waals surface area contributed by atoms with E-state index in [4.69, 9.17) is 4.74 Å². The van der Waals surface area contributed by atoms with Gasteiger partial charge < -0.3 is 9.64 Å². The molecule has 170 valence electrons. The van der Waals surface area contributed by atoms with Gasteiger partial charge in [0, 0.05) is 12.6 Å². The van der Waals surface area contributed by atoms with Crippen LogP contribution in [-0.2, 0) is 16.6 Å². The normalized spacial score (nSPS) is 11.4. The van der Waals surface area contributed by atoms with Crippen LogP contribution in [0.4, 0.5) is 10.1 Å². The largest absolute Gasteiger partial charge is 0.495 e. The monoisotopic (exact) mass is 485 g/mol. The maximum absolute atomic E-state index is 14.5. The summed E-state index contributed by atoms with van der Waals surface area (Å²) in [7, 11) is -1.34. The quantitative estimate of drug-likeness (QED) is 0.416. The van der Waals surface area contributed by atoms with Crippen molar-refractivity contribution in [2.45, 2.75) is 11.4 Å². The standard InChI is InChI=1S/C23H20FN3O4S2/c1-27(14-22-25-18-8-4-6-10-20(18)32-22)23(28)15-11-12-16(24)21(13-15)33(29,30)26-17-7-3-5-9-19(17)31-2/h3-13,26H,14H2,1-2H3. The molecule has 1 heterocycles. The number of nitrogens with zero attached hydrogens (tertiary/aromatic N) is 2. The first kappa shape index (κ1) is 22.7. The van der Waals surface area contributed by atoms with E-state index >= 15 is 0 Å². The molecule has 1 N–H and O–H groups in total. The zero-order chi connectivity index (χ0) is 23.6. The van der Waals surface area contributed by atoms with Gasteiger partial charge in [0.2, 0.25) is 0 Å². The van der Waals surface area contributed by atoms with Gasteiger partial charge in [-0.15, -0.1) is 11.3 Å². The number of ether oxygens (including phenoxy) is 1. The molecule has 7 nitrogen and oxygen atoms in total. The number of nitrogens with one attached hydrogen (secondary N) is 1. The molecule has 0 bridgehead atoms. The number of halogens is 1. The maximum atomic E-state index is 14.5. The zero-order valence-electron chi connectivity index (χ0n) is 17.8. The van der Waals surface area contributed by atoms with Gasteiger partial charge in [0.1, 0.15) is 21.5 Å². The number of fused-ring (bicyclic) bond motifs is 1. The molecule has 0 aliphatic heterocycles. The number of hydrogen-bond donors (Lipinski definition) is 1. The molecule has 4 aromatic rings. The zero-order valence-corrected chi connectivity index (χ0v) is 19.4. The summed E-state index contributed by atoms with van der Waals surface area (Å²) in [4.78, 5) is 18.2. The summed E-state index contributed by atoms with van der Waals surface area (Å²) in [5.74, 6) is -1.14. The first-order chi connectivity index (χ1) is 15.8. The molecule has 3 aromatic carbocycles. The van der Waals surface area contributed by atoms with Gasteiger partial charge in [-0.05, 0) is 42.5 Å². The van der Waals surface area contributed by atoms with Crippen molar-refractivity contribution in [1.29, 1.82) is 0 Å². The van der Waals surface area contributed by atoms with E-state index in [9.17, 15) is 17.6 Å². The summed E-state index contributed by atoms with van der Waals surface area (Å²) in [5.41, 5.74) is 1.04. The summed E-state index contributed by atoms with van der Waals surface area (Å²) in [6.45, 7) is 0.233. The van der Waals surface area contributed by atoms with Crippen LogP contribution in [0, 0.1) is 5.82 Å². The summed E-state index contributed by atoms with van der Waals surface area (Å²) >= 11 is 1.47. The minimum atomic E-state index is -4.32. The van der Waals surface area contributed by atoms with Gasteiger partial charge >= 0.3 is 0 Å². The number of para-hydroxylation sites is 3. The SMILES string of the molecule is COc1ccccc1NS(=O)(=O)c1cc(C(=O)N(C)Cc2nc3ccccc3s2)ccc1F. The van der Waals surface area contributed by atoms with E-state index in [1.54, 1.807) is 25.2 Å². The summed E-state index contributed by atoms with van der Waals surface area (Å²) in [6, 6.07) is 17.3. The molecule has 0 atom stereocenters. The fourth-order valence-corrected chi connectivity index (χ4v) is 5.45. The number of carbonyl (C=O) groups excluding carboxylic acids is 1. The van der Waals surface area contributed by atoms with Gasteiger partial charge in [-0.2, -0.15) is 0 Å². The van der Waals surface area contributed by atoms with Gasteiger partial charge in [-0.1, -0.05) is 24.3 Å². The van der Waals surface area contributed by atoms with Crippen LogP contribution in [0.3, 0.4) is 0 Å². The molecule has 4 rings (SSSR count). The molecular weight excluding hydrogens is 465 g/mol. The van der Waals surface area contributed by atoms with Crippen molar-refractivity contribution in [2.24, 2.45) is 0 Å².